The highest BCUT2D eigenvalue weighted by Crippen LogP contribution is 2.42. The molecule has 1 aromatic rings. The summed E-state index contributed by atoms with van der Waals surface area (Å²) in [5, 5.41) is 3.83. The summed E-state index contributed by atoms with van der Waals surface area (Å²) in [6.07, 6.45) is 5.01. The molecule has 2 aliphatic rings. The van der Waals surface area contributed by atoms with E-state index in [9.17, 15) is 0 Å². The lowest BCUT2D eigenvalue weighted by molar-refractivity contribution is 0.307. The molecule has 1 aliphatic carbocycles. The molecule has 2 heteroatoms. The summed E-state index contributed by atoms with van der Waals surface area (Å²) < 4.78 is 6.18. The highest BCUT2D eigenvalue weighted by Gasteiger charge is 2.31. The number of rotatable bonds is 2. The second-order valence-electron chi connectivity index (χ2n) is 7.41. The zero-order valence-corrected chi connectivity index (χ0v) is 13.3. The molecule has 0 aromatic heterocycles. The summed E-state index contributed by atoms with van der Waals surface area (Å²) in [6.45, 7) is 9.89. The Morgan fingerprint density at radius 1 is 1.15 bits per heavy atom. The average molecular weight is 273 g/mol. The minimum absolute atomic E-state index is 0.131. The van der Waals surface area contributed by atoms with E-state index in [4.69, 9.17) is 4.74 Å². The highest BCUT2D eigenvalue weighted by atomic mass is 16.5. The minimum atomic E-state index is 0.131. The predicted molar refractivity (Wildman–Crippen MR) is 83.5 cm³/mol. The van der Waals surface area contributed by atoms with E-state index >= 15 is 0 Å². The Hall–Kier alpha value is -1.02. The number of fused-ring (bicyclic) bond motifs is 1. The zero-order chi connectivity index (χ0) is 14.3. The van der Waals surface area contributed by atoms with Crippen molar-refractivity contribution in [1.82, 2.24) is 5.32 Å². The molecule has 1 unspecified atom stereocenters. The number of hydrogen-bond donors (Lipinski definition) is 1. The van der Waals surface area contributed by atoms with Gasteiger partial charge in [-0.05, 0) is 49.1 Å². The molecule has 1 heterocycles. The Bertz CT molecular complexity index is 497. The molecule has 0 bridgehead atoms. The molecule has 1 atom stereocenters. The Morgan fingerprint density at radius 3 is 2.55 bits per heavy atom. The van der Waals surface area contributed by atoms with Gasteiger partial charge in [-0.25, -0.2) is 0 Å². The van der Waals surface area contributed by atoms with Crippen molar-refractivity contribution in [3.8, 4) is 5.75 Å². The maximum atomic E-state index is 6.18. The van der Waals surface area contributed by atoms with E-state index in [-0.39, 0.29) is 5.41 Å². The third-order valence-corrected chi connectivity index (χ3v) is 4.47. The molecular formula is C18H27NO. The summed E-state index contributed by atoms with van der Waals surface area (Å²) in [5.74, 6) is 1.16. The summed E-state index contributed by atoms with van der Waals surface area (Å²) in [7, 11) is 0. The van der Waals surface area contributed by atoms with Crippen molar-refractivity contribution in [1.29, 1.82) is 0 Å². The van der Waals surface area contributed by atoms with Crippen LogP contribution in [-0.4, -0.2) is 12.6 Å². The molecule has 1 saturated carbocycles. The van der Waals surface area contributed by atoms with Gasteiger partial charge in [0.05, 0.1) is 6.61 Å². The molecular weight excluding hydrogens is 246 g/mol. The molecule has 0 amide bonds. The van der Waals surface area contributed by atoms with Crippen molar-refractivity contribution in [2.24, 2.45) is 0 Å². The van der Waals surface area contributed by atoms with Crippen LogP contribution in [-0.2, 0) is 5.41 Å². The van der Waals surface area contributed by atoms with Gasteiger partial charge in [0, 0.05) is 17.6 Å². The Labute approximate surface area is 122 Å². The van der Waals surface area contributed by atoms with Gasteiger partial charge in [-0.15, -0.1) is 0 Å². The van der Waals surface area contributed by atoms with Crippen LogP contribution in [0.3, 0.4) is 0 Å². The van der Waals surface area contributed by atoms with Crippen LogP contribution in [0.2, 0.25) is 0 Å². The van der Waals surface area contributed by atoms with Crippen LogP contribution >= 0.6 is 0 Å². The van der Waals surface area contributed by atoms with E-state index in [1.54, 1.807) is 0 Å². The van der Waals surface area contributed by atoms with Crippen molar-refractivity contribution in [3.63, 3.8) is 0 Å². The van der Waals surface area contributed by atoms with Crippen molar-refractivity contribution in [2.75, 3.05) is 6.61 Å². The topological polar surface area (TPSA) is 21.3 Å². The molecule has 0 radical (unpaired) electrons. The Morgan fingerprint density at radius 2 is 1.90 bits per heavy atom. The normalized spacial score (nSPS) is 22.9. The second kappa shape index (κ2) is 5.07. The van der Waals surface area contributed by atoms with Gasteiger partial charge in [0.15, 0.2) is 0 Å². The maximum absolute atomic E-state index is 6.18. The first-order valence-electron chi connectivity index (χ1n) is 7.99. The van der Waals surface area contributed by atoms with Crippen LogP contribution in [0.5, 0.6) is 5.75 Å². The number of aryl methyl sites for hydroxylation is 1. The van der Waals surface area contributed by atoms with Crippen molar-refractivity contribution in [3.05, 3.63) is 28.8 Å². The Kier molecular flexibility index (Phi) is 3.53. The van der Waals surface area contributed by atoms with E-state index in [1.165, 1.54) is 36.0 Å². The van der Waals surface area contributed by atoms with Gasteiger partial charge in [0.1, 0.15) is 5.75 Å². The quantitative estimate of drug-likeness (QED) is 0.869. The summed E-state index contributed by atoms with van der Waals surface area (Å²) in [4.78, 5) is 0. The summed E-state index contributed by atoms with van der Waals surface area (Å²) in [6, 6.07) is 5.74. The number of benzene rings is 1. The largest absolute Gasteiger partial charge is 0.493 e. The van der Waals surface area contributed by atoms with E-state index in [0.717, 1.165) is 24.8 Å². The van der Waals surface area contributed by atoms with E-state index in [0.29, 0.717) is 6.04 Å². The van der Waals surface area contributed by atoms with Crippen LogP contribution in [0.15, 0.2) is 12.1 Å². The molecule has 1 N–H and O–H groups in total. The number of ether oxygens (including phenoxy) is 1. The van der Waals surface area contributed by atoms with E-state index < -0.39 is 0 Å². The summed E-state index contributed by atoms with van der Waals surface area (Å²) >= 11 is 0. The Balaban J connectivity index is 2.06. The van der Waals surface area contributed by atoms with Gasteiger partial charge in [0.2, 0.25) is 0 Å². The lowest BCUT2D eigenvalue weighted by Crippen LogP contribution is -2.24. The van der Waals surface area contributed by atoms with Gasteiger partial charge in [0.25, 0.3) is 0 Å². The molecule has 1 aromatic carbocycles. The van der Waals surface area contributed by atoms with Crippen LogP contribution in [0.4, 0.5) is 0 Å². The van der Waals surface area contributed by atoms with Crippen molar-refractivity contribution < 1.29 is 4.74 Å². The molecule has 1 fully saturated rings. The van der Waals surface area contributed by atoms with Gasteiger partial charge in [-0.1, -0.05) is 32.9 Å². The monoisotopic (exact) mass is 273 g/mol. The van der Waals surface area contributed by atoms with Gasteiger partial charge < -0.3 is 10.1 Å². The minimum Gasteiger partial charge on any atom is -0.493 e. The average Bonchev–Trinajstić information content (AvgIpc) is 3.16. The smallest absolute Gasteiger partial charge is 0.128 e. The third-order valence-electron chi connectivity index (χ3n) is 4.47. The van der Waals surface area contributed by atoms with Crippen molar-refractivity contribution >= 4 is 0 Å². The molecule has 1 aliphatic heterocycles. The molecule has 20 heavy (non-hydrogen) atoms. The molecule has 3 rings (SSSR count). The van der Waals surface area contributed by atoms with E-state index in [1.807, 2.05) is 0 Å². The molecule has 110 valence electrons. The third kappa shape index (κ3) is 2.71. The number of hydrogen-bond acceptors (Lipinski definition) is 2. The fourth-order valence-electron chi connectivity index (χ4n) is 3.18. The van der Waals surface area contributed by atoms with Gasteiger partial charge >= 0.3 is 0 Å². The molecule has 2 nitrogen and oxygen atoms in total. The fourth-order valence-corrected chi connectivity index (χ4v) is 3.18. The molecule has 0 saturated heterocycles. The lowest BCUT2D eigenvalue weighted by atomic mass is 9.82. The first-order valence-corrected chi connectivity index (χ1v) is 7.99. The standard InChI is InChI=1S/C18H27NO/c1-12-7-10-14(18(2,3)4)17-16(12)15(6-5-11-20-17)19-13-8-9-13/h7,10,13,15,19H,5-6,8-9,11H2,1-4H3. The summed E-state index contributed by atoms with van der Waals surface area (Å²) in [5.41, 5.74) is 4.27. The highest BCUT2D eigenvalue weighted by molar-refractivity contribution is 5.51. The van der Waals surface area contributed by atoms with Crippen LogP contribution in [0.1, 0.15) is 69.2 Å². The lowest BCUT2D eigenvalue weighted by Gasteiger charge is -2.27. The SMILES string of the molecule is Cc1ccc(C(C)(C)C)c2c1C(NC1CC1)CCCO2. The first-order chi connectivity index (χ1) is 9.47. The predicted octanol–water partition coefficient (Wildman–Crippen LogP) is 4.26. The van der Waals surface area contributed by atoms with Crippen LogP contribution < -0.4 is 10.1 Å². The van der Waals surface area contributed by atoms with Gasteiger partial charge in [-0.3, -0.25) is 0 Å². The fraction of sp³-hybridized carbons (Fsp3) is 0.667. The van der Waals surface area contributed by atoms with E-state index in [2.05, 4.69) is 45.1 Å². The zero-order valence-electron chi connectivity index (χ0n) is 13.3. The first kappa shape index (κ1) is 13.9. The number of nitrogens with one attached hydrogen (secondary N) is 1. The second-order valence-corrected chi connectivity index (χ2v) is 7.41. The molecule has 0 spiro atoms. The van der Waals surface area contributed by atoms with Crippen LogP contribution in [0.25, 0.3) is 0 Å². The maximum Gasteiger partial charge on any atom is 0.128 e. The van der Waals surface area contributed by atoms with Crippen LogP contribution in [0, 0.1) is 6.92 Å². The van der Waals surface area contributed by atoms with Crippen molar-refractivity contribution in [2.45, 2.75) is 70.9 Å². The van der Waals surface area contributed by atoms with Gasteiger partial charge in [-0.2, -0.15) is 0 Å².